The summed E-state index contributed by atoms with van der Waals surface area (Å²) in [6.07, 6.45) is 4.52. The maximum absolute atomic E-state index is 13.1. The van der Waals surface area contributed by atoms with Gasteiger partial charge in [-0.05, 0) is 83.0 Å². The summed E-state index contributed by atoms with van der Waals surface area (Å²) >= 11 is 2.04. The molecule has 1 aromatic rings. The zero-order valence-corrected chi connectivity index (χ0v) is 21.9. The summed E-state index contributed by atoms with van der Waals surface area (Å²) in [5.41, 5.74) is 0.694. The van der Waals surface area contributed by atoms with Crippen molar-refractivity contribution in [2.75, 3.05) is 5.75 Å². The van der Waals surface area contributed by atoms with Crippen LogP contribution >= 0.6 is 11.8 Å². The summed E-state index contributed by atoms with van der Waals surface area (Å²) in [5, 5.41) is 17.2. The summed E-state index contributed by atoms with van der Waals surface area (Å²) in [6.45, 7) is 8.10. The highest BCUT2D eigenvalue weighted by Crippen LogP contribution is 2.48. The van der Waals surface area contributed by atoms with E-state index in [2.05, 4.69) is 10.6 Å². The number of rotatable bonds is 9. The molecular weight excluding hydrogens is 448 g/mol. The zero-order chi connectivity index (χ0) is 24.7. The third-order valence-corrected chi connectivity index (χ3v) is 8.53. The molecule has 2 fully saturated rings. The van der Waals surface area contributed by atoms with Crippen LogP contribution in [0.1, 0.15) is 71.8 Å². The first kappa shape index (κ1) is 26.9. The van der Waals surface area contributed by atoms with Crippen molar-refractivity contribution in [1.82, 2.24) is 10.6 Å². The normalized spacial score (nSPS) is 26.3. The second-order valence-electron chi connectivity index (χ2n) is 11.0. The lowest BCUT2D eigenvalue weighted by atomic mass is 9.70. The van der Waals surface area contributed by atoms with Gasteiger partial charge in [0.15, 0.2) is 0 Å². The lowest BCUT2D eigenvalue weighted by Crippen LogP contribution is -2.48. The smallest absolute Gasteiger partial charge is 0.407 e. The van der Waals surface area contributed by atoms with Crippen LogP contribution in [0, 0.1) is 17.8 Å². The highest BCUT2D eigenvalue weighted by atomic mass is 32.2. The molecular formula is C27H42N2O4S. The number of ether oxygens (including phenoxy) is 1. The Kier molecular flexibility index (Phi) is 9.72. The van der Waals surface area contributed by atoms with Crippen LogP contribution < -0.4 is 10.6 Å². The van der Waals surface area contributed by atoms with E-state index in [1.165, 1.54) is 12.2 Å². The molecule has 6 atom stereocenters. The maximum atomic E-state index is 13.1. The van der Waals surface area contributed by atoms with Gasteiger partial charge < -0.3 is 20.5 Å². The van der Waals surface area contributed by atoms with Crippen LogP contribution in [-0.2, 0) is 16.1 Å². The number of fused-ring (bicyclic) bond motifs is 1. The average molecular weight is 491 g/mol. The Labute approximate surface area is 209 Å². The van der Waals surface area contributed by atoms with Gasteiger partial charge in [0, 0.05) is 16.7 Å². The number of hydrogen-bond acceptors (Lipinski definition) is 5. The Bertz CT molecular complexity index is 798. The van der Waals surface area contributed by atoms with Gasteiger partial charge in [-0.25, -0.2) is 4.79 Å². The van der Waals surface area contributed by atoms with E-state index in [9.17, 15) is 14.7 Å². The van der Waals surface area contributed by atoms with Crippen LogP contribution in [-0.4, -0.2) is 45.8 Å². The number of nitrogens with one attached hydrogen (secondary N) is 2. The molecule has 6 nitrogen and oxygen atoms in total. The molecule has 1 aliphatic heterocycles. The molecule has 3 rings (SSSR count). The van der Waals surface area contributed by atoms with Crippen molar-refractivity contribution in [3.8, 4) is 0 Å². The molecule has 2 aliphatic rings. The Balaban J connectivity index is 1.44. The van der Waals surface area contributed by atoms with Gasteiger partial charge in [0.05, 0.1) is 12.1 Å². The minimum Gasteiger partial charge on any atom is -0.445 e. The molecule has 3 N–H and O–H groups in total. The third kappa shape index (κ3) is 8.19. The van der Waals surface area contributed by atoms with E-state index >= 15 is 0 Å². The van der Waals surface area contributed by atoms with E-state index in [0.717, 1.165) is 37.2 Å². The fourth-order valence-corrected chi connectivity index (χ4v) is 6.81. The highest BCUT2D eigenvalue weighted by Gasteiger charge is 2.43. The van der Waals surface area contributed by atoms with Crippen LogP contribution in [0.4, 0.5) is 4.79 Å². The van der Waals surface area contributed by atoms with Gasteiger partial charge in [0.2, 0.25) is 5.91 Å². The van der Waals surface area contributed by atoms with E-state index < -0.39 is 18.2 Å². The van der Waals surface area contributed by atoms with Gasteiger partial charge in [-0.2, -0.15) is 11.8 Å². The summed E-state index contributed by atoms with van der Waals surface area (Å²) in [6, 6.07) is 9.12. The second-order valence-corrected chi connectivity index (χ2v) is 12.4. The van der Waals surface area contributed by atoms with E-state index in [4.69, 9.17) is 4.74 Å². The molecule has 1 unspecified atom stereocenters. The van der Waals surface area contributed by atoms with Gasteiger partial charge in [0.1, 0.15) is 6.61 Å². The lowest BCUT2D eigenvalue weighted by Gasteiger charge is -2.39. The number of carbonyl (C=O) groups excluding carboxylic acids is 2. The second kappa shape index (κ2) is 12.3. The third-order valence-electron chi connectivity index (χ3n) is 7.05. The molecule has 7 heteroatoms. The molecule has 1 saturated carbocycles. The Morgan fingerprint density at radius 1 is 1.21 bits per heavy atom. The molecule has 1 aliphatic carbocycles. The average Bonchev–Trinajstić information content (AvgIpc) is 3.24. The Morgan fingerprint density at radius 3 is 2.65 bits per heavy atom. The molecule has 0 bridgehead atoms. The number of aliphatic hydroxyl groups is 1. The van der Waals surface area contributed by atoms with Crippen LogP contribution in [0.2, 0.25) is 0 Å². The first-order valence-corrected chi connectivity index (χ1v) is 13.8. The van der Waals surface area contributed by atoms with Crippen molar-refractivity contribution < 1.29 is 19.4 Å². The van der Waals surface area contributed by atoms with Crippen LogP contribution in [0.15, 0.2) is 30.3 Å². The van der Waals surface area contributed by atoms with Crippen molar-refractivity contribution >= 4 is 23.8 Å². The fraction of sp³-hybridized carbons (Fsp3) is 0.704. The molecule has 0 aromatic heterocycles. The molecule has 2 amide bonds. The Morgan fingerprint density at radius 2 is 1.94 bits per heavy atom. The molecule has 1 heterocycles. The summed E-state index contributed by atoms with van der Waals surface area (Å²) in [7, 11) is 0. The number of hydrogen-bond donors (Lipinski definition) is 3. The standard InChI is InChI=1S/C27H42N2O4S/c1-18(28-26(32)33-17-19-9-6-5-7-10-19)23(30)12-8-11-20-15-21-13-14-34-24(21)16-22(20)25(31)29-27(2,3)4/h5-7,9-10,18,20-24,30H,8,11-17H2,1-4H3,(H,28,32)(H,29,31)/t18-,20?,21+,22+,23+,24-/m0/s1. The molecule has 1 saturated heterocycles. The van der Waals surface area contributed by atoms with Crippen molar-refractivity contribution in [1.29, 1.82) is 0 Å². The van der Waals surface area contributed by atoms with E-state index in [-0.39, 0.29) is 24.0 Å². The number of carbonyl (C=O) groups is 2. The molecule has 0 spiro atoms. The number of thioether (sulfide) groups is 1. The Hall–Kier alpha value is -1.73. The summed E-state index contributed by atoms with van der Waals surface area (Å²) in [5.74, 6) is 2.51. The molecule has 0 radical (unpaired) electrons. The number of aliphatic hydroxyl groups excluding tert-OH is 1. The van der Waals surface area contributed by atoms with Crippen LogP contribution in [0.3, 0.4) is 0 Å². The van der Waals surface area contributed by atoms with Crippen molar-refractivity contribution in [2.24, 2.45) is 17.8 Å². The first-order chi connectivity index (χ1) is 16.1. The molecule has 190 valence electrons. The number of benzene rings is 1. The molecule has 1 aromatic carbocycles. The zero-order valence-electron chi connectivity index (χ0n) is 21.1. The summed E-state index contributed by atoms with van der Waals surface area (Å²) < 4.78 is 5.26. The van der Waals surface area contributed by atoms with E-state index in [1.807, 2.05) is 62.9 Å². The van der Waals surface area contributed by atoms with Gasteiger partial charge in [-0.3, -0.25) is 4.79 Å². The van der Waals surface area contributed by atoms with Gasteiger partial charge in [0.25, 0.3) is 0 Å². The highest BCUT2D eigenvalue weighted by molar-refractivity contribution is 8.00. The van der Waals surface area contributed by atoms with Crippen molar-refractivity contribution in [2.45, 2.75) is 95.8 Å². The number of amides is 2. The van der Waals surface area contributed by atoms with Crippen LogP contribution in [0.25, 0.3) is 0 Å². The largest absolute Gasteiger partial charge is 0.445 e. The van der Waals surface area contributed by atoms with Crippen LogP contribution in [0.5, 0.6) is 0 Å². The summed E-state index contributed by atoms with van der Waals surface area (Å²) in [4.78, 5) is 25.2. The van der Waals surface area contributed by atoms with Gasteiger partial charge >= 0.3 is 6.09 Å². The maximum Gasteiger partial charge on any atom is 0.407 e. The number of alkyl carbamates (subject to hydrolysis) is 1. The van der Waals surface area contributed by atoms with E-state index in [1.54, 1.807) is 6.92 Å². The fourth-order valence-electron chi connectivity index (χ4n) is 5.21. The quantitative estimate of drug-likeness (QED) is 0.458. The molecule has 34 heavy (non-hydrogen) atoms. The van der Waals surface area contributed by atoms with Gasteiger partial charge in [-0.1, -0.05) is 36.8 Å². The SMILES string of the molecule is C[C@H](NC(=O)OCc1ccccc1)[C@H](O)CCCC1C[C@H]2CCS[C@H]2C[C@H]1C(=O)NC(C)(C)C. The van der Waals surface area contributed by atoms with Crippen molar-refractivity contribution in [3.63, 3.8) is 0 Å². The van der Waals surface area contributed by atoms with Crippen molar-refractivity contribution in [3.05, 3.63) is 35.9 Å². The predicted octanol–water partition coefficient (Wildman–Crippen LogP) is 4.90. The first-order valence-electron chi connectivity index (χ1n) is 12.7. The topological polar surface area (TPSA) is 87.7 Å². The monoisotopic (exact) mass is 490 g/mol. The predicted molar refractivity (Wildman–Crippen MR) is 138 cm³/mol. The lowest BCUT2D eigenvalue weighted by molar-refractivity contribution is -0.129. The van der Waals surface area contributed by atoms with E-state index in [0.29, 0.717) is 17.6 Å². The minimum atomic E-state index is -0.649. The minimum absolute atomic E-state index is 0.0479. The van der Waals surface area contributed by atoms with Gasteiger partial charge in [-0.15, -0.1) is 0 Å².